The van der Waals surface area contributed by atoms with Crippen molar-refractivity contribution in [1.82, 2.24) is 0 Å². The van der Waals surface area contributed by atoms with Crippen LogP contribution >= 0.6 is 0 Å². The van der Waals surface area contributed by atoms with E-state index in [4.69, 9.17) is 15.2 Å². The van der Waals surface area contributed by atoms with Gasteiger partial charge in [0.1, 0.15) is 13.2 Å². The Morgan fingerprint density at radius 2 is 1.82 bits per heavy atom. The van der Waals surface area contributed by atoms with E-state index >= 15 is 0 Å². The Morgan fingerprint density at radius 3 is 2.41 bits per heavy atom. The topological polar surface area (TPSA) is 56.5 Å². The molecular formula is C13H18N2O2. The molecule has 0 bridgehead atoms. The lowest BCUT2D eigenvalue weighted by atomic mass is 9.78. The summed E-state index contributed by atoms with van der Waals surface area (Å²) in [5, 5.41) is 3.51. The summed E-state index contributed by atoms with van der Waals surface area (Å²) in [7, 11) is 0. The normalized spacial score (nSPS) is 20.5. The van der Waals surface area contributed by atoms with Crippen LogP contribution in [0.3, 0.4) is 0 Å². The molecule has 0 radical (unpaired) electrons. The van der Waals surface area contributed by atoms with Crippen molar-refractivity contribution >= 4 is 11.4 Å². The van der Waals surface area contributed by atoms with E-state index in [1.165, 1.54) is 19.3 Å². The summed E-state index contributed by atoms with van der Waals surface area (Å²) < 4.78 is 11.1. The zero-order valence-corrected chi connectivity index (χ0v) is 10.1. The highest BCUT2D eigenvalue weighted by Gasteiger charge is 2.32. The summed E-state index contributed by atoms with van der Waals surface area (Å²) in [6, 6.07) is 3.80. The van der Waals surface area contributed by atoms with Crippen molar-refractivity contribution in [3.63, 3.8) is 0 Å². The summed E-state index contributed by atoms with van der Waals surface area (Å²) in [5.74, 6) is 1.54. The van der Waals surface area contributed by atoms with Gasteiger partial charge in [-0.3, -0.25) is 0 Å². The van der Waals surface area contributed by atoms with Gasteiger partial charge in [-0.15, -0.1) is 0 Å². The molecule has 0 saturated heterocycles. The number of hydrogen-bond acceptors (Lipinski definition) is 4. The highest BCUT2D eigenvalue weighted by atomic mass is 16.6. The molecule has 0 atom stereocenters. The van der Waals surface area contributed by atoms with E-state index in [2.05, 4.69) is 12.2 Å². The second-order valence-electron chi connectivity index (χ2n) is 5.12. The number of anilines is 2. The average molecular weight is 234 g/mol. The lowest BCUT2D eigenvalue weighted by Crippen LogP contribution is -2.41. The Morgan fingerprint density at radius 1 is 1.18 bits per heavy atom. The van der Waals surface area contributed by atoms with Gasteiger partial charge in [0.15, 0.2) is 11.5 Å². The van der Waals surface area contributed by atoms with E-state index in [9.17, 15) is 0 Å². The monoisotopic (exact) mass is 234 g/mol. The maximum Gasteiger partial charge on any atom is 0.163 e. The molecule has 3 rings (SSSR count). The van der Waals surface area contributed by atoms with E-state index in [0.29, 0.717) is 13.2 Å². The molecule has 17 heavy (non-hydrogen) atoms. The van der Waals surface area contributed by atoms with Gasteiger partial charge in [0.25, 0.3) is 0 Å². The number of hydrogen-bond donors (Lipinski definition) is 2. The summed E-state index contributed by atoms with van der Waals surface area (Å²) in [4.78, 5) is 0. The molecule has 1 heterocycles. The Bertz CT molecular complexity index is 441. The van der Waals surface area contributed by atoms with Crippen molar-refractivity contribution < 1.29 is 9.47 Å². The number of nitrogens with one attached hydrogen (secondary N) is 1. The van der Waals surface area contributed by atoms with Gasteiger partial charge >= 0.3 is 0 Å². The molecule has 1 aromatic rings. The minimum atomic E-state index is 0.192. The lowest BCUT2D eigenvalue weighted by Gasteiger charge is -2.40. The minimum Gasteiger partial charge on any atom is -0.486 e. The average Bonchev–Trinajstić information content (AvgIpc) is 2.28. The van der Waals surface area contributed by atoms with Gasteiger partial charge in [0.2, 0.25) is 0 Å². The molecule has 1 saturated carbocycles. The largest absolute Gasteiger partial charge is 0.486 e. The summed E-state index contributed by atoms with van der Waals surface area (Å²) in [6.07, 6.45) is 3.68. The molecule has 4 nitrogen and oxygen atoms in total. The van der Waals surface area contributed by atoms with Gasteiger partial charge in [-0.2, -0.15) is 0 Å². The number of nitrogens with two attached hydrogens (primary N) is 1. The van der Waals surface area contributed by atoms with Crippen LogP contribution < -0.4 is 20.5 Å². The highest BCUT2D eigenvalue weighted by Crippen LogP contribution is 2.41. The van der Waals surface area contributed by atoms with Gasteiger partial charge in [0.05, 0.1) is 11.4 Å². The quantitative estimate of drug-likeness (QED) is 0.771. The first kappa shape index (κ1) is 10.6. The van der Waals surface area contributed by atoms with Gasteiger partial charge in [-0.1, -0.05) is 0 Å². The summed E-state index contributed by atoms with van der Waals surface area (Å²) >= 11 is 0. The van der Waals surface area contributed by atoms with Crippen LogP contribution in [-0.4, -0.2) is 18.8 Å². The first-order chi connectivity index (χ1) is 8.16. The van der Waals surface area contributed by atoms with Crippen LogP contribution in [0.2, 0.25) is 0 Å². The third-order valence-electron chi connectivity index (χ3n) is 3.61. The molecule has 0 unspecified atom stereocenters. The number of benzene rings is 1. The second-order valence-corrected chi connectivity index (χ2v) is 5.12. The van der Waals surface area contributed by atoms with Crippen LogP contribution in [0.5, 0.6) is 11.5 Å². The Balaban J connectivity index is 1.88. The number of fused-ring (bicyclic) bond motifs is 1. The number of rotatable bonds is 2. The van der Waals surface area contributed by atoms with E-state index < -0.39 is 0 Å². The molecular weight excluding hydrogens is 216 g/mol. The second kappa shape index (κ2) is 3.72. The zero-order chi connectivity index (χ0) is 11.9. The van der Waals surface area contributed by atoms with Crippen molar-refractivity contribution in [3.05, 3.63) is 12.1 Å². The minimum absolute atomic E-state index is 0.192. The molecule has 0 aromatic heterocycles. The first-order valence-electron chi connectivity index (χ1n) is 6.14. The summed E-state index contributed by atoms with van der Waals surface area (Å²) in [5.41, 5.74) is 7.90. The molecule has 4 heteroatoms. The summed E-state index contributed by atoms with van der Waals surface area (Å²) in [6.45, 7) is 3.43. The Labute approximate surface area is 101 Å². The van der Waals surface area contributed by atoms with Gasteiger partial charge in [-0.05, 0) is 26.2 Å². The van der Waals surface area contributed by atoms with Crippen molar-refractivity contribution in [2.75, 3.05) is 24.3 Å². The van der Waals surface area contributed by atoms with E-state index in [-0.39, 0.29) is 5.54 Å². The standard InChI is InChI=1S/C13H18N2O2/c1-13(3-2-4-13)15-10-8-12-11(7-9(10)14)16-5-6-17-12/h7-8,15H,2-6,14H2,1H3. The van der Waals surface area contributed by atoms with Gasteiger partial charge in [0, 0.05) is 17.7 Å². The molecule has 0 spiro atoms. The van der Waals surface area contributed by atoms with Gasteiger partial charge in [-0.25, -0.2) is 0 Å². The number of nitrogen functional groups attached to an aromatic ring is 1. The van der Waals surface area contributed by atoms with Crippen molar-refractivity contribution in [2.45, 2.75) is 31.7 Å². The Kier molecular flexibility index (Phi) is 2.31. The molecule has 0 amide bonds. The van der Waals surface area contributed by atoms with Crippen molar-refractivity contribution in [1.29, 1.82) is 0 Å². The molecule has 1 aromatic carbocycles. The predicted molar refractivity (Wildman–Crippen MR) is 67.7 cm³/mol. The third kappa shape index (κ3) is 1.88. The molecule has 1 aliphatic carbocycles. The van der Waals surface area contributed by atoms with Crippen LogP contribution in [0.1, 0.15) is 26.2 Å². The third-order valence-corrected chi connectivity index (χ3v) is 3.61. The molecule has 2 aliphatic rings. The lowest BCUT2D eigenvalue weighted by molar-refractivity contribution is 0.172. The first-order valence-corrected chi connectivity index (χ1v) is 6.14. The fourth-order valence-corrected chi connectivity index (χ4v) is 2.37. The fraction of sp³-hybridized carbons (Fsp3) is 0.538. The van der Waals surface area contributed by atoms with E-state index in [0.717, 1.165) is 22.9 Å². The smallest absolute Gasteiger partial charge is 0.163 e. The van der Waals surface area contributed by atoms with Crippen molar-refractivity contribution in [2.24, 2.45) is 0 Å². The molecule has 1 aliphatic heterocycles. The maximum atomic E-state index is 6.03. The van der Waals surface area contributed by atoms with E-state index in [1.54, 1.807) is 0 Å². The molecule has 3 N–H and O–H groups in total. The molecule has 1 fully saturated rings. The fourth-order valence-electron chi connectivity index (χ4n) is 2.37. The van der Waals surface area contributed by atoms with Crippen LogP contribution in [0, 0.1) is 0 Å². The number of ether oxygens (including phenoxy) is 2. The van der Waals surface area contributed by atoms with Crippen LogP contribution in [0.4, 0.5) is 11.4 Å². The highest BCUT2D eigenvalue weighted by molar-refractivity contribution is 5.73. The van der Waals surface area contributed by atoms with Gasteiger partial charge < -0.3 is 20.5 Å². The maximum absolute atomic E-state index is 6.03. The Hall–Kier alpha value is -1.58. The van der Waals surface area contributed by atoms with Crippen LogP contribution in [0.15, 0.2) is 12.1 Å². The van der Waals surface area contributed by atoms with Crippen molar-refractivity contribution in [3.8, 4) is 11.5 Å². The van der Waals surface area contributed by atoms with E-state index in [1.807, 2.05) is 12.1 Å². The molecule has 92 valence electrons. The predicted octanol–water partition coefficient (Wildman–Crippen LogP) is 2.39. The van der Waals surface area contributed by atoms with Crippen LogP contribution in [-0.2, 0) is 0 Å². The zero-order valence-electron chi connectivity index (χ0n) is 10.1. The SMILES string of the molecule is CC1(Nc2cc3c(cc2N)OCCO3)CCC1. The van der Waals surface area contributed by atoms with Crippen LogP contribution in [0.25, 0.3) is 0 Å².